The maximum atomic E-state index is 12.2. The Kier molecular flexibility index (Phi) is 5.89. The molecule has 0 bridgehead atoms. The summed E-state index contributed by atoms with van der Waals surface area (Å²) in [7, 11) is 1.60. The van der Waals surface area contributed by atoms with Crippen LogP contribution in [0.4, 0.5) is 0 Å². The summed E-state index contributed by atoms with van der Waals surface area (Å²) in [5.74, 6) is 1.15. The molecule has 3 heterocycles. The lowest BCUT2D eigenvalue weighted by molar-refractivity contribution is -0.122. The topological polar surface area (TPSA) is 108 Å². The SMILES string of the molecule is COc1ccc(-c2noc(-c3ccc(=O)n(CC(=O)NC[C@@H]4CCCO4)c3)n2)cc1. The molecule has 30 heavy (non-hydrogen) atoms. The summed E-state index contributed by atoms with van der Waals surface area (Å²) in [6, 6.07) is 10.2. The van der Waals surface area contributed by atoms with Crippen molar-refractivity contribution < 1.29 is 18.8 Å². The fourth-order valence-corrected chi connectivity index (χ4v) is 3.22. The van der Waals surface area contributed by atoms with Crippen LogP contribution in [0.5, 0.6) is 5.75 Å². The summed E-state index contributed by atoms with van der Waals surface area (Å²) in [5, 5.41) is 6.81. The zero-order chi connectivity index (χ0) is 20.9. The molecule has 0 saturated carbocycles. The Labute approximate surface area is 172 Å². The third-order valence-electron chi connectivity index (χ3n) is 4.87. The molecule has 3 aromatic rings. The molecule has 1 aliphatic rings. The van der Waals surface area contributed by atoms with Gasteiger partial charge in [0.2, 0.25) is 11.7 Å². The molecule has 4 rings (SSSR count). The van der Waals surface area contributed by atoms with Crippen molar-refractivity contribution in [1.82, 2.24) is 20.0 Å². The molecule has 1 amide bonds. The summed E-state index contributed by atoms with van der Waals surface area (Å²) in [6.07, 6.45) is 3.53. The molecule has 0 aliphatic carbocycles. The lowest BCUT2D eigenvalue weighted by Gasteiger charge is -2.11. The molecule has 1 saturated heterocycles. The van der Waals surface area contributed by atoms with E-state index in [0.717, 1.165) is 30.8 Å². The summed E-state index contributed by atoms with van der Waals surface area (Å²) in [5.41, 5.74) is 1.03. The van der Waals surface area contributed by atoms with Gasteiger partial charge in [-0.05, 0) is 43.2 Å². The highest BCUT2D eigenvalue weighted by molar-refractivity contribution is 5.75. The van der Waals surface area contributed by atoms with Crippen LogP contribution in [0.2, 0.25) is 0 Å². The number of benzene rings is 1. The highest BCUT2D eigenvalue weighted by atomic mass is 16.5. The van der Waals surface area contributed by atoms with Gasteiger partial charge in [0.25, 0.3) is 11.4 Å². The molecule has 0 unspecified atom stereocenters. The average molecular weight is 410 g/mol. The second-order valence-electron chi connectivity index (χ2n) is 6.97. The van der Waals surface area contributed by atoms with Crippen molar-refractivity contribution >= 4 is 5.91 Å². The van der Waals surface area contributed by atoms with Crippen molar-refractivity contribution in [2.24, 2.45) is 0 Å². The maximum Gasteiger partial charge on any atom is 0.259 e. The maximum absolute atomic E-state index is 12.2. The number of carbonyl (C=O) groups excluding carboxylic acids is 1. The van der Waals surface area contributed by atoms with Gasteiger partial charge in [-0.3, -0.25) is 9.59 Å². The second-order valence-corrected chi connectivity index (χ2v) is 6.97. The number of nitrogens with zero attached hydrogens (tertiary/aromatic N) is 3. The van der Waals surface area contributed by atoms with Crippen molar-refractivity contribution in [3.8, 4) is 28.6 Å². The van der Waals surface area contributed by atoms with Gasteiger partial charge in [-0.25, -0.2) is 0 Å². The van der Waals surface area contributed by atoms with E-state index in [0.29, 0.717) is 17.9 Å². The van der Waals surface area contributed by atoms with Crippen molar-refractivity contribution in [1.29, 1.82) is 0 Å². The number of nitrogens with one attached hydrogen (secondary N) is 1. The normalized spacial score (nSPS) is 15.8. The van der Waals surface area contributed by atoms with Gasteiger partial charge >= 0.3 is 0 Å². The van der Waals surface area contributed by atoms with Crippen LogP contribution in [0.15, 0.2) is 51.9 Å². The Morgan fingerprint density at radius 3 is 2.77 bits per heavy atom. The van der Waals surface area contributed by atoms with Crippen molar-refractivity contribution in [3.63, 3.8) is 0 Å². The number of amides is 1. The highest BCUT2D eigenvalue weighted by Gasteiger charge is 2.17. The van der Waals surface area contributed by atoms with Gasteiger partial charge in [-0.15, -0.1) is 0 Å². The Hall–Kier alpha value is -3.46. The van der Waals surface area contributed by atoms with Crippen LogP contribution < -0.4 is 15.6 Å². The summed E-state index contributed by atoms with van der Waals surface area (Å²) in [6.45, 7) is 1.08. The van der Waals surface area contributed by atoms with Crippen LogP contribution in [0.25, 0.3) is 22.8 Å². The summed E-state index contributed by atoms with van der Waals surface area (Å²) < 4.78 is 17.3. The number of aromatic nitrogens is 3. The van der Waals surface area contributed by atoms with E-state index < -0.39 is 0 Å². The van der Waals surface area contributed by atoms with Gasteiger partial charge in [0.05, 0.1) is 18.8 Å². The Bertz CT molecular complexity index is 1070. The number of methoxy groups -OCH3 is 1. The smallest absolute Gasteiger partial charge is 0.259 e. The molecular formula is C21H22N4O5. The standard InChI is InChI=1S/C21H22N4O5/c1-28-16-7-4-14(5-8-16)20-23-21(30-24-20)15-6-9-19(27)25(12-15)13-18(26)22-11-17-3-2-10-29-17/h4-9,12,17H,2-3,10-11,13H2,1H3,(H,22,26)/t17-/m0/s1. The van der Waals surface area contributed by atoms with Gasteiger partial charge in [-0.1, -0.05) is 5.16 Å². The number of carbonyl (C=O) groups is 1. The van der Waals surface area contributed by atoms with E-state index in [-0.39, 0.29) is 30.0 Å². The third-order valence-corrected chi connectivity index (χ3v) is 4.87. The number of hydrogen-bond donors (Lipinski definition) is 1. The molecule has 0 spiro atoms. The largest absolute Gasteiger partial charge is 0.497 e. The zero-order valence-corrected chi connectivity index (χ0v) is 16.5. The predicted octanol–water partition coefficient (Wildman–Crippen LogP) is 1.87. The molecule has 156 valence electrons. The molecule has 1 fully saturated rings. The molecule has 9 nitrogen and oxygen atoms in total. The van der Waals surface area contributed by atoms with Crippen LogP contribution >= 0.6 is 0 Å². The first kappa shape index (κ1) is 19.8. The van der Waals surface area contributed by atoms with Crippen LogP contribution in [0.1, 0.15) is 12.8 Å². The van der Waals surface area contributed by atoms with Crippen LogP contribution in [0, 0.1) is 0 Å². The molecular weight excluding hydrogens is 388 g/mol. The minimum atomic E-state index is -0.291. The van der Waals surface area contributed by atoms with Crippen LogP contribution in [-0.2, 0) is 16.1 Å². The van der Waals surface area contributed by atoms with Gasteiger partial charge in [0, 0.05) is 31.0 Å². The quantitative estimate of drug-likeness (QED) is 0.633. The molecule has 0 radical (unpaired) electrons. The van der Waals surface area contributed by atoms with Gasteiger partial charge in [0.15, 0.2) is 0 Å². The Morgan fingerprint density at radius 1 is 1.23 bits per heavy atom. The van der Waals surface area contributed by atoms with Crippen molar-refractivity contribution in [3.05, 3.63) is 52.9 Å². The number of hydrogen-bond acceptors (Lipinski definition) is 7. The highest BCUT2D eigenvalue weighted by Crippen LogP contribution is 2.23. The zero-order valence-electron chi connectivity index (χ0n) is 16.5. The van der Waals surface area contributed by atoms with E-state index >= 15 is 0 Å². The van der Waals surface area contributed by atoms with E-state index in [1.807, 2.05) is 12.1 Å². The summed E-state index contributed by atoms with van der Waals surface area (Å²) in [4.78, 5) is 28.8. The second kappa shape index (κ2) is 8.91. The molecule has 1 aliphatic heterocycles. The van der Waals surface area contributed by atoms with E-state index in [2.05, 4.69) is 15.5 Å². The van der Waals surface area contributed by atoms with E-state index in [4.69, 9.17) is 14.0 Å². The molecule has 2 aromatic heterocycles. The minimum Gasteiger partial charge on any atom is -0.497 e. The molecule has 9 heteroatoms. The fraction of sp³-hybridized carbons (Fsp3) is 0.333. The number of rotatable bonds is 7. The molecule has 1 atom stereocenters. The van der Waals surface area contributed by atoms with Crippen molar-refractivity contribution in [2.45, 2.75) is 25.5 Å². The number of ether oxygens (including phenoxy) is 2. The molecule has 1 aromatic carbocycles. The minimum absolute atomic E-state index is 0.0479. The monoisotopic (exact) mass is 410 g/mol. The first-order valence-electron chi connectivity index (χ1n) is 9.69. The first-order valence-corrected chi connectivity index (χ1v) is 9.69. The average Bonchev–Trinajstić information content (AvgIpc) is 3.46. The lowest BCUT2D eigenvalue weighted by Crippen LogP contribution is -2.36. The lowest BCUT2D eigenvalue weighted by atomic mass is 10.2. The summed E-state index contributed by atoms with van der Waals surface area (Å²) >= 11 is 0. The Balaban J connectivity index is 1.46. The van der Waals surface area contributed by atoms with Gasteiger partial charge < -0.3 is 23.9 Å². The van der Waals surface area contributed by atoms with Gasteiger partial charge in [0.1, 0.15) is 12.3 Å². The Morgan fingerprint density at radius 2 is 2.03 bits per heavy atom. The van der Waals surface area contributed by atoms with E-state index in [9.17, 15) is 9.59 Å². The van der Waals surface area contributed by atoms with E-state index in [1.165, 1.54) is 10.6 Å². The number of pyridine rings is 1. The fourth-order valence-electron chi connectivity index (χ4n) is 3.22. The first-order chi connectivity index (χ1) is 14.6. The predicted molar refractivity (Wildman–Crippen MR) is 108 cm³/mol. The van der Waals surface area contributed by atoms with Gasteiger partial charge in [-0.2, -0.15) is 4.98 Å². The van der Waals surface area contributed by atoms with Crippen molar-refractivity contribution in [2.75, 3.05) is 20.3 Å². The van der Waals surface area contributed by atoms with E-state index in [1.54, 1.807) is 31.5 Å². The third kappa shape index (κ3) is 4.57. The van der Waals surface area contributed by atoms with Crippen LogP contribution in [0.3, 0.4) is 0 Å². The van der Waals surface area contributed by atoms with Crippen LogP contribution in [-0.4, -0.2) is 47.0 Å². The molecule has 1 N–H and O–H groups in total.